The average Bonchev–Trinajstić information content (AvgIpc) is 3.27. The SMILES string of the molecule is COc1ccc(-c2noc(-c3nc(C)n(-c4ccccc4Cl)c3C)n2)c(F)c1. The van der Waals surface area contributed by atoms with Crippen LogP contribution in [0.3, 0.4) is 0 Å². The monoisotopic (exact) mass is 398 g/mol. The van der Waals surface area contributed by atoms with Crippen LogP contribution in [0, 0.1) is 19.7 Å². The highest BCUT2D eigenvalue weighted by Gasteiger charge is 2.21. The Morgan fingerprint density at radius 1 is 1.11 bits per heavy atom. The van der Waals surface area contributed by atoms with Crippen molar-refractivity contribution in [1.29, 1.82) is 0 Å². The Morgan fingerprint density at radius 3 is 2.61 bits per heavy atom. The van der Waals surface area contributed by atoms with Crippen molar-refractivity contribution in [2.75, 3.05) is 7.11 Å². The molecule has 28 heavy (non-hydrogen) atoms. The van der Waals surface area contributed by atoms with Gasteiger partial charge in [0.25, 0.3) is 5.89 Å². The first-order valence-electron chi connectivity index (χ1n) is 8.48. The van der Waals surface area contributed by atoms with Gasteiger partial charge in [-0.15, -0.1) is 0 Å². The molecule has 0 saturated carbocycles. The summed E-state index contributed by atoms with van der Waals surface area (Å²) in [7, 11) is 1.47. The van der Waals surface area contributed by atoms with E-state index in [0.29, 0.717) is 16.5 Å². The van der Waals surface area contributed by atoms with Crippen LogP contribution in [0.5, 0.6) is 5.75 Å². The molecule has 0 aliphatic rings. The van der Waals surface area contributed by atoms with Crippen LogP contribution in [-0.4, -0.2) is 26.8 Å². The summed E-state index contributed by atoms with van der Waals surface area (Å²) < 4.78 is 26.6. The molecule has 0 atom stereocenters. The Hall–Kier alpha value is -3.19. The van der Waals surface area contributed by atoms with Gasteiger partial charge < -0.3 is 9.26 Å². The van der Waals surface area contributed by atoms with Gasteiger partial charge in [-0.25, -0.2) is 9.37 Å². The second kappa shape index (κ2) is 7.09. The molecule has 6 nitrogen and oxygen atoms in total. The van der Waals surface area contributed by atoms with Gasteiger partial charge >= 0.3 is 0 Å². The van der Waals surface area contributed by atoms with Gasteiger partial charge in [-0.3, -0.25) is 4.57 Å². The molecule has 0 saturated heterocycles. The zero-order valence-corrected chi connectivity index (χ0v) is 16.2. The fraction of sp³-hybridized carbons (Fsp3) is 0.150. The van der Waals surface area contributed by atoms with Crippen molar-refractivity contribution in [3.05, 3.63) is 64.8 Å². The number of hydrogen-bond acceptors (Lipinski definition) is 5. The van der Waals surface area contributed by atoms with Gasteiger partial charge in [0.15, 0.2) is 0 Å². The predicted molar refractivity (Wildman–Crippen MR) is 103 cm³/mol. The van der Waals surface area contributed by atoms with Crippen LogP contribution in [0.2, 0.25) is 5.02 Å². The number of aromatic nitrogens is 4. The molecule has 4 aromatic rings. The highest BCUT2D eigenvalue weighted by atomic mass is 35.5. The van der Waals surface area contributed by atoms with E-state index in [4.69, 9.17) is 20.9 Å². The van der Waals surface area contributed by atoms with Crippen molar-refractivity contribution >= 4 is 11.6 Å². The topological polar surface area (TPSA) is 66.0 Å². The maximum Gasteiger partial charge on any atom is 0.278 e. The molecule has 0 spiro atoms. The number of nitrogens with zero attached hydrogens (tertiary/aromatic N) is 4. The minimum absolute atomic E-state index is 0.138. The van der Waals surface area contributed by atoms with Crippen molar-refractivity contribution < 1.29 is 13.7 Å². The fourth-order valence-corrected chi connectivity index (χ4v) is 3.29. The molecule has 0 N–H and O–H groups in total. The summed E-state index contributed by atoms with van der Waals surface area (Å²) in [5, 5.41) is 4.51. The van der Waals surface area contributed by atoms with E-state index in [-0.39, 0.29) is 17.3 Å². The normalized spacial score (nSPS) is 11.0. The Labute approximate surface area is 165 Å². The van der Waals surface area contributed by atoms with Gasteiger partial charge in [-0.05, 0) is 38.1 Å². The smallest absolute Gasteiger partial charge is 0.278 e. The second-order valence-electron chi connectivity index (χ2n) is 6.15. The van der Waals surface area contributed by atoms with E-state index in [1.165, 1.54) is 13.2 Å². The molecule has 0 aliphatic heterocycles. The molecule has 0 radical (unpaired) electrons. The summed E-state index contributed by atoms with van der Waals surface area (Å²) in [5.74, 6) is 0.975. The zero-order chi connectivity index (χ0) is 19.8. The lowest BCUT2D eigenvalue weighted by atomic mass is 10.2. The highest BCUT2D eigenvalue weighted by Crippen LogP contribution is 2.30. The Kier molecular flexibility index (Phi) is 4.60. The number of halogens is 2. The summed E-state index contributed by atoms with van der Waals surface area (Å²) >= 11 is 6.33. The molecular weight excluding hydrogens is 383 g/mol. The molecule has 0 amide bonds. The molecule has 2 aromatic heterocycles. The van der Waals surface area contributed by atoms with E-state index in [1.54, 1.807) is 12.1 Å². The quantitative estimate of drug-likeness (QED) is 0.483. The van der Waals surface area contributed by atoms with Crippen molar-refractivity contribution in [3.8, 4) is 34.4 Å². The Morgan fingerprint density at radius 2 is 1.89 bits per heavy atom. The first-order valence-corrected chi connectivity index (χ1v) is 8.86. The standard InChI is InChI=1S/C20H16ClFN4O2/c1-11-18(23-12(2)26(11)17-7-5-4-6-15(17)21)20-24-19(25-28-20)14-9-8-13(27-3)10-16(14)22/h4-10H,1-3H3. The van der Waals surface area contributed by atoms with Crippen LogP contribution in [-0.2, 0) is 0 Å². The predicted octanol–water partition coefficient (Wildman–Crippen LogP) is 5.01. The zero-order valence-electron chi connectivity index (χ0n) is 15.4. The number of imidazole rings is 1. The summed E-state index contributed by atoms with van der Waals surface area (Å²) in [6.45, 7) is 3.75. The highest BCUT2D eigenvalue weighted by molar-refractivity contribution is 6.32. The Bertz CT molecular complexity index is 1170. The Balaban J connectivity index is 1.76. The fourth-order valence-electron chi connectivity index (χ4n) is 3.07. The summed E-state index contributed by atoms with van der Waals surface area (Å²) in [4.78, 5) is 8.88. The largest absolute Gasteiger partial charge is 0.497 e. The minimum Gasteiger partial charge on any atom is -0.497 e. The van der Waals surface area contributed by atoms with Crippen LogP contribution < -0.4 is 4.74 Å². The number of benzene rings is 2. The van der Waals surface area contributed by atoms with E-state index in [1.807, 2.05) is 42.7 Å². The lowest BCUT2D eigenvalue weighted by Gasteiger charge is -2.09. The molecule has 0 aliphatic carbocycles. The molecule has 2 heterocycles. The maximum absolute atomic E-state index is 14.3. The van der Waals surface area contributed by atoms with Gasteiger partial charge in [0.05, 0.1) is 29.1 Å². The summed E-state index contributed by atoms with van der Waals surface area (Å²) in [6, 6.07) is 11.9. The lowest BCUT2D eigenvalue weighted by Crippen LogP contribution is -2.00. The van der Waals surface area contributed by atoms with Crippen LogP contribution >= 0.6 is 11.6 Å². The van der Waals surface area contributed by atoms with E-state index < -0.39 is 5.82 Å². The van der Waals surface area contributed by atoms with Crippen LogP contribution in [0.1, 0.15) is 11.5 Å². The molecular formula is C20H16ClFN4O2. The van der Waals surface area contributed by atoms with Crippen molar-refractivity contribution in [3.63, 3.8) is 0 Å². The van der Waals surface area contributed by atoms with Crippen LogP contribution in [0.25, 0.3) is 28.7 Å². The summed E-state index contributed by atoms with van der Waals surface area (Å²) in [6.07, 6.45) is 0. The van der Waals surface area contributed by atoms with Crippen LogP contribution in [0.4, 0.5) is 4.39 Å². The summed E-state index contributed by atoms with van der Waals surface area (Å²) in [5.41, 5.74) is 2.33. The molecule has 142 valence electrons. The van der Waals surface area contributed by atoms with Gasteiger partial charge in [0.1, 0.15) is 23.1 Å². The second-order valence-corrected chi connectivity index (χ2v) is 6.56. The van der Waals surface area contributed by atoms with Gasteiger partial charge in [0, 0.05) is 6.07 Å². The third-order valence-electron chi connectivity index (χ3n) is 4.41. The first-order chi connectivity index (χ1) is 13.5. The average molecular weight is 399 g/mol. The van der Waals surface area contributed by atoms with E-state index >= 15 is 0 Å². The number of rotatable bonds is 4. The molecule has 0 unspecified atom stereocenters. The van der Waals surface area contributed by atoms with Crippen molar-refractivity contribution in [1.82, 2.24) is 19.7 Å². The van der Waals surface area contributed by atoms with Gasteiger partial charge in [-0.2, -0.15) is 4.98 Å². The van der Waals surface area contributed by atoms with Gasteiger partial charge in [-0.1, -0.05) is 28.9 Å². The first kappa shape index (κ1) is 18.2. The third kappa shape index (κ3) is 3.03. The molecule has 4 rings (SSSR count). The molecule has 2 aromatic carbocycles. The molecule has 0 fully saturated rings. The molecule has 8 heteroatoms. The third-order valence-corrected chi connectivity index (χ3v) is 4.73. The van der Waals surface area contributed by atoms with E-state index in [0.717, 1.165) is 17.2 Å². The number of ether oxygens (including phenoxy) is 1. The number of para-hydroxylation sites is 1. The number of methoxy groups -OCH3 is 1. The maximum atomic E-state index is 14.3. The van der Waals surface area contributed by atoms with Gasteiger partial charge in [0.2, 0.25) is 5.82 Å². The van der Waals surface area contributed by atoms with Crippen molar-refractivity contribution in [2.24, 2.45) is 0 Å². The number of hydrogen-bond donors (Lipinski definition) is 0. The van der Waals surface area contributed by atoms with E-state index in [2.05, 4.69) is 15.1 Å². The lowest BCUT2D eigenvalue weighted by molar-refractivity contribution is 0.411. The van der Waals surface area contributed by atoms with E-state index in [9.17, 15) is 4.39 Å². The van der Waals surface area contributed by atoms with Crippen LogP contribution in [0.15, 0.2) is 47.0 Å². The van der Waals surface area contributed by atoms with Crippen molar-refractivity contribution in [2.45, 2.75) is 13.8 Å². The number of aryl methyl sites for hydroxylation is 1. The minimum atomic E-state index is -0.499. The molecule has 0 bridgehead atoms.